The first-order valence-corrected chi connectivity index (χ1v) is 16.0. The lowest BCUT2D eigenvalue weighted by Gasteiger charge is -2.27. The minimum absolute atomic E-state index is 0.884. The Morgan fingerprint density at radius 2 is 1.02 bits per heavy atom. The molecule has 2 heterocycles. The Labute approximate surface area is 265 Å². The molecule has 212 valence electrons. The second-order valence-corrected chi connectivity index (χ2v) is 12.4. The van der Waals surface area contributed by atoms with Crippen molar-refractivity contribution >= 4 is 70.5 Å². The van der Waals surface area contributed by atoms with Gasteiger partial charge < -0.3 is 9.32 Å². The van der Waals surface area contributed by atoms with Crippen LogP contribution in [0.1, 0.15) is 0 Å². The fourth-order valence-corrected chi connectivity index (χ4v) is 7.78. The van der Waals surface area contributed by atoms with Crippen LogP contribution in [-0.2, 0) is 0 Å². The van der Waals surface area contributed by atoms with Gasteiger partial charge in [0.25, 0.3) is 0 Å². The first kappa shape index (κ1) is 25.8. The van der Waals surface area contributed by atoms with Crippen LogP contribution >= 0.6 is 11.3 Å². The van der Waals surface area contributed by atoms with E-state index in [9.17, 15) is 0 Å². The highest BCUT2D eigenvalue weighted by molar-refractivity contribution is 7.26. The molecule has 2 aromatic heterocycles. The molecular weight excluding hydrogens is 567 g/mol. The second kappa shape index (κ2) is 10.5. The Bertz CT molecular complexity index is 2490. The van der Waals surface area contributed by atoms with Crippen molar-refractivity contribution in [2.45, 2.75) is 0 Å². The first-order valence-electron chi connectivity index (χ1n) is 15.2. The summed E-state index contributed by atoms with van der Waals surface area (Å²) in [7, 11) is 0. The lowest BCUT2D eigenvalue weighted by Crippen LogP contribution is -2.10. The van der Waals surface area contributed by atoms with Crippen molar-refractivity contribution < 1.29 is 4.42 Å². The quantitative estimate of drug-likeness (QED) is 0.197. The van der Waals surface area contributed by atoms with E-state index in [4.69, 9.17) is 4.42 Å². The van der Waals surface area contributed by atoms with Crippen molar-refractivity contribution in [1.82, 2.24) is 0 Å². The fraction of sp³-hybridized carbons (Fsp3) is 0. The smallest absolute Gasteiger partial charge is 0.137 e. The topological polar surface area (TPSA) is 16.4 Å². The zero-order valence-corrected chi connectivity index (χ0v) is 25.2. The molecule has 0 unspecified atom stereocenters. The molecule has 45 heavy (non-hydrogen) atoms. The van der Waals surface area contributed by atoms with Gasteiger partial charge in [-0.2, -0.15) is 0 Å². The van der Waals surface area contributed by atoms with Crippen LogP contribution in [0.5, 0.6) is 0 Å². The van der Waals surface area contributed by atoms with E-state index >= 15 is 0 Å². The summed E-state index contributed by atoms with van der Waals surface area (Å²) in [5.74, 6) is 0. The molecule has 0 saturated carbocycles. The number of benzene rings is 7. The van der Waals surface area contributed by atoms with Crippen LogP contribution in [0.3, 0.4) is 0 Å². The summed E-state index contributed by atoms with van der Waals surface area (Å²) in [6, 6.07) is 58.4. The van der Waals surface area contributed by atoms with Crippen LogP contribution in [0.2, 0.25) is 0 Å². The average Bonchev–Trinajstić information content (AvgIpc) is 3.69. The molecule has 0 amide bonds. The van der Waals surface area contributed by atoms with E-state index in [1.54, 1.807) is 0 Å². The van der Waals surface area contributed by atoms with Gasteiger partial charge >= 0.3 is 0 Å². The van der Waals surface area contributed by atoms with E-state index in [2.05, 4.69) is 163 Å². The number of furan rings is 1. The Hall–Kier alpha value is -5.64. The molecule has 0 fully saturated rings. The number of para-hydroxylation sites is 1. The van der Waals surface area contributed by atoms with E-state index in [1.165, 1.54) is 42.4 Å². The van der Waals surface area contributed by atoms with Gasteiger partial charge in [0.1, 0.15) is 11.2 Å². The summed E-state index contributed by atoms with van der Waals surface area (Å²) in [4.78, 5) is 2.42. The lowest BCUT2D eigenvalue weighted by molar-refractivity contribution is 0.669. The third-order valence-corrected chi connectivity index (χ3v) is 9.88. The molecule has 7 aromatic carbocycles. The van der Waals surface area contributed by atoms with E-state index in [0.717, 1.165) is 39.0 Å². The number of fused-ring (bicyclic) bond motifs is 6. The number of thiophene rings is 1. The third-order valence-electron chi connectivity index (χ3n) is 8.68. The molecule has 0 bridgehead atoms. The van der Waals surface area contributed by atoms with Crippen molar-refractivity contribution in [3.63, 3.8) is 0 Å². The van der Waals surface area contributed by atoms with Crippen LogP contribution in [0.4, 0.5) is 17.1 Å². The van der Waals surface area contributed by atoms with Crippen LogP contribution in [0.25, 0.3) is 64.4 Å². The number of hydrogen-bond donors (Lipinski definition) is 0. The Balaban J connectivity index is 1.27. The van der Waals surface area contributed by atoms with Crippen molar-refractivity contribution in [2.75, 3.05) is 4.90 Å². The van der Waals surface area contributed by atoms with Gasteiger partial charge in [0.15, 0.2) is 0 Å². The van der Waals surface area contributed by atoms with Crippen LogP contribution in [0.15, 0.2) is 168 Å². The number of rotatable bonds is 5. The highest BCUT2D eigenvalue weighted by atomic mass is 32.1. The minimum Gasteiger partial charge on any atom is -0.456 e. The monoisotopic (exact) mass is 593 g/mol. The Kier molecular flexibility index (Phi) is 6.03. The van der Waals surface area contributed by atoms with Gasteiger partial charge in [-0.15, -0.1) is 11.3 Å². The van der Waals surface area contributed by atoms with Crippen molar-refractivity contribution in [3.05, 3.63) is 164 Å². The summed E-state index contributed by atoms with van der Waals surface area (Å²) in [6.45, 7) is 0. The van der Waals surface area contributed by atoms with Crippen molar-refractivity contribution in [1.29, 1.82) is 0 Å². The molecular formula is C42H27NOS. The van der Waals surface area contributed by atoms with Gasteiger partial charge in [0.05, 0.1) is 21.5 Å². The average molecular weight is 594 g/mol. The summed E-state index contributed by atoms with van der Waals surface area (Å²) in [6.07, 6.45) is 0. The number of hydrogen-bond acceptors (Lipinski definition) is 3. The minimum atomic E-state index is 0.884. The molecule has 0 atom stereocenters. The Morgan fingerprint density at radius 1 is 0.422 bits per heavy atom. The summed E-state index contributed by atoms with van der Waals surface area (Å²) in [5.41, 5.74) is 9.92. The highest BCUT2D eigenvalue weighted by Gasteiger charge is 2.22. The fourth-order valence-electron chi connectivity index (χ4n) is 6.57. The standard InChI is InChI=1S/C42H27NOS/c1-2-11-28(12-3-1)29-23-25-30(26-24-29)31-13-8-14-32(27-31)43(36-18-10-21-39-41(36)35-16-4-6-20-38(35)44-39)37-19-9-17-34-33-15-5-7-22-40(33)45-42(34)37/h1-27H. The molecule has 2 nitrogen and oxygen atoms in total. The summed E-state index contributed by atoms with van der Waals surface area (Å²) < 4.78 is 8.92. The van der Waals surface area contributed by atoms with Gasteiger partial charge in [-0.3, -0.25) is 0 Å². The molecule has 0 aliphatic rings. The molecule has 0 N–H and O–H groups in total. The van der Waals surface area contributed by atoms with Gasteiger partial charge in [-0.25, -0.2) is 0 Å². The second-order valence-electron chi connectivity index (χ2n) is 11.3. The lowest BCUT2D eigenvalue weighted by atomic mass is 9.99. The maximum Gasteiger partial charge on any atom is 0.137 e. The zero-order valence-electron chi connectivity index (χ0n) is 24.4. The SMILES string of the molecule is c1ccc(-c2ccc(-c3cccc(N(c4cccc5c4sc4ccccc45)c4cccc5oc6ccccc6c45)c3)cc2)cc1. The van der Waals surface area contributed by atoms with E-state index in [1.807, 2.05) is 17.4 Å². The van der Waals surface area contributed by atoms with Gasteiger partial charge in [0.2, 0.25) is 0 Å². The van der Waals surface area contributed by atoms with Crippen LogP contribution < -0.4 is 4.90 Å². The van der Waals surface area contributed by atoms with Crippen LogP contribution in [-0.4, -0.2) is 0 Å². The maximum absolute atomic E-state index is 6.37. The van der Waals surface area contributed by atoms with Gasteiger partial charge in [-0.05, 0) is 64.7 Å². The van der Waals surface area contributed by atoms with Crippen molar-refractivity contribution in [2.24, 2.45) is 0 Å². The predicted molar refractivity (Wildman–Crippen MR) is 192 cm³/mol. The Morgan fingerprint density at radius 3 is 1.89 bits per heavy atom. The third kappa shape index (κ3) is 4.32. The number of anilines is 3. The predicted octanol–water partition coefficient (Wildman–Crippen LogP) is 12.8. The molecule has 0 radical (unpaired) electrons. The first-order chi connectivity index (χ1) is 22.3. The molecule has 0 aliphatic carbocycles. The van der Waals surface area contributed by atoms with Crippen LogP contribution in [0, 0.1) is 0 Å². The molecule has 3 heteroatoms. The molecule has 9 aromatic rings. The maximum atomic E-state index is 6.37. The zero-order chi connectivity index (χ0) is 29.7. The molecule has 9 rings (SSSR count). The van der Waals surface area contributed by atoms with Crippen molar-refractivity contribution in [3.8, 4) is 22.3 Å². The molecule has 0 spiro atoms. The normalized spacial score (nSPS) is 11.6. The van der Waals surface area contributed by atoms with Gasteiger partial charge in [-0.1, -0.05) is 121 Å². The van der Waals surface area contributed by atoms with E-state index in [0.29, 0.717) is 0 Å². The highest BCUT2D eigenvalue weighted by Crippen LogP contribution is 2.48. The van der Waals surface area contributed by atoms with E-state index < -0.39 is 0 Å². The molecule has 0 aliphatic heterocycles. The molecule has 0 saturated heterocycles. The largest absolute Gasteiger partial charge is 0.456 e. The van der Waals surface area contributed by atoms with Gasteiger partial charge in [0, 0.05) is 26.5 Å². The number of nitrogens with zero attached hydrogens (tertiary/aromatic N) is 1. The summed E-state index contributed by atoms with van der Waals surface area (Å²) >= 11 is 1.85. The van der Waals surface area contributed by atoms with E-state index in [-0.39, 0.29) is 0 Å². The summed E-state index contributed by atoms with van der Waals surface area (Å²) in [5, 5.41) is 4.79.